The molecule has 0 heterocycles. The van der Waals surface area contributed by atoms with Gasteiger partial charge in [0.25, 0.3) is 0 Å². The molecule has 0 aliphatic heterocycles. The van der Waals surface area contributed by atoms with Crippen molar-refractivity contribution in [3.63, 3.8) is 0 Å². The van der Waals surface area contributed by atoms with E-state index in [0.717, 1.165) is 15.6 Å². The van der Waals surface area contributed by atoms with Crippen LogP contribution >= 0.6 is 15.9 Å². The van der Waals surface area contributed by atoms with Gasteiger partial charge in [0.15, 0.2) is 0 Å². The van der Waals surface area contributed by atoms with E-state index >= 15 is 0 Å². The Kier molecular flexibility index (Phi) is 5.34. The van der Waals surface area contributed by atoms with Crippen LogP contribution in [-0.4, -0.2) is 20.1 Å². The molecule has 0 atom stereocenters. The second kappa shape index (κ2) is 6.33. The first kappa shape index (κ1) is 15.2. The molecule has 18 heavy (non-hydrogen) atoms. The van der Waals surface area contributed by atoms with Crippen LogP contribution in [0.3, 0.4) is 0 Å². The molecule has 100 valence electrons. The van der Waals surface area contributed by atoms with Crippen LogP contribution in [0.15, 0.2) is 22.7 Å². The van der Waals surface area contributed by atoms with Crippen LogP contribution in [0, 0.1) is 6.92 Å². The van der Waals surface area contributed by atoms with Crippen LogP contribution in [0.2, 0.25) is 0 Å². The molecule has 1 aromatic carbocycles. The third-order valence-electron chi connectivity index (χ3n) is 2.40. The Morgan fingerprint density at radius 2 is 2.06 bits per heavy atom. The molecule has 0 spiro atoms. The summed E-state index contributed by atoms with van der Waals surface area (Å²) in [6, 6.07) is 5.53. The zero-order chi connectivity index (χ0) is 13.8. The predicted molar refractivity (Wildman–Crippen MR) is 74.8 cm³/mol. The van der Waals surface area contributed by atoms with Gasteiger partial charge in [-0.1, -0.05) is 28.9 Å². The lowest BCUT2D eigenvalue weighted by molar-refractivity contribution is -0.118. The van der Waals surface area contributed by atoms with Crippen LogP contribution in [0.1, 0.15) is 24.5 Å². The third-order valence-corrected chi connectivity index (χ3v) is 4.38. The Hall–Kier alpha value is -0.880. The van der Waals surface area contributed by atoms with Gasteiger partial charge in [-0.3, -0.25) is 9.52 Å². The summed E-state index contributed by atoms with van der Waals surface area (Å²) in [6.07, 6.45) is 0.558. The molecule has 1 N–H and O–H groups in total. The quantitative estimate of drug-likeness (QED) is 0.897. The molecule has 4 nitrogen and oxygen atoms in total. The lowest BCUT2D eigenvalue weighted by Gasteiger charge is -2.08. The van der Waals surface area contributed by atoms with E-state index < -0.39 is 15.9 Å². The first-order valence-corrected chi connectivity index (χ1v) is 8.07. The number of hydrogen-bond acceptors (Lipinski definition) is 3. The van der Waals surface area contributed by atoms with Crippen LogP contribution in [0.25, 0.3) is 0 Å². The highest BCUT2D eigenvalue weighted by atomic mass is 79.9. The number of sulfonamides is 1. The average Bonchev–Trinajstić information content (AvgIpc) is 2.21. The second-order valence-electron chi connectivity index (χ2n) is 4.09. The molecule has 0 fully saturated rings. The molecule has 6 heteroatoms. The standard InChI is InChI=1S/C12H16BrNO3S/c1-3-6-18(16,17)14-12(15)8-10-4-5-11(13)7-9(10)2/h4-5,7H,3,6,8H2,1-2H3,(H,14,15). The topological polar surface area (TPSA) is 63.2 Å². The van der Waals surface area contributed by atoms with Gasteiger partial charge in [0.05, 0.1) is 12.2 Å². The predicted octanol–water partition coefficient (Wildman–Crippen LogP) is 2.16. The highest BCUT2D eigenvalue weighted by Gasteiger charge is 2.14. The summed E-state index contributed by atoms with van der Waals surface area (Å²) >= 11 is 3.34. The molecule has 0 aliphatic carbocycles. The van der Waals surface area contributed by atoms with E-state index in [-0.39, 0.29) is 12.2 Å². The molecule has 0 bridgehead atoms. The maximum Gasteiger partial charge on any atom is 0.237 e. The number of carbonyl (C=O) groups is 1. The van der Waals surface area contributed by atoms with Crippen molar-refractivity contribution in [2.24, 2.45) is 0 Å². The van der Waals surface area contributed by atoms with Crippen LogP contribution < -0.4 is 4.72 Å². The van der Waals surface area contributed by atoms with E-state index in [1.807, 2.05) is 25.1 Å². The molecule has 1 rings (SSSR count). The van der Waals surface area contributed by atoms with Gasteiger partial charge in [-0.2, -0.15) is 0 Å². The highest BCUT2D eigenvalue weighted by Crippen LogP contribution is 2.16. The second-order valence-corrected chi connectivity index (χ2v) is 6.85. The lowest BCUT2D eigenvalue weighted by atomic mass is 10.1. The molecule has 0 unspecified atom stereocenters. The lowest BCUT2D eigenvalue weighted by Crippen LogP contribution is -2.33. The number of benzene rings is 1. The van der Waals surface area contributed by atoms with Crippen molar-refractivity contribution >= 4 is 31.9 Å². The van der Waals surface area contributed by atoms with E-state index in [1.165, 1.54) is 0 Å². The van der Waals surface area contributed by atoms with Crippen molar-refractivity contribution < 1.29 is 13.2 Å². The molecule has 0 aromatic heterocycles. The van der Waals surface area contributed by atoms with Crippen molar-refractivity contribution in [1.82, 2.24) is 4.72 Å². The maximum absolute atomic E-state index is 11.6. The van der Waals surface area contributed by atoms with Crippen LogP contribution in [0.5, 0.6) is 0 Å². The number of aryl methyl sites for hydroxylation is 1. The highest BCUT2D eigenvalue weighted by molar-refractivity contribution is 9.10. The Balaban J connectivity index is 2.71. The summed E-state index contributed by atoms with van der Waals surface area (Å²) in [5.74, 6) is -0.521. The van der Waals surface area contributed by atoms with Gasteiger partial charge >= 0.3 is 0 Å². The summed E-state index contributed by atoms with van der Waals surface area (Å²) in [5, 5.41) is 0. The number of nitrogens with one attached hydrogen (secondary N) is 1. The van der Waals surface area contributed by atoms with Gasteiger partial charge in [0.1, 0.15) is 0 Å². The fraction of sp³-hybridized carbons (Fsp3) is 0.417. The fourth-order valence-electron chi connectivity index (χ4n) is 1.56. The number of carbonyl (C=O) groups excluding carboxylic acids is 1. The zero-order valence-corrected chi connectivity index (χ0v) is 12.8. The summed E-state index contributed by atoms with van der Waals surface area (Å²) in [4.78, 5) is 11.6. The minimum atomic E-state index is -3.48. The molecule has 0 saturated carbocycles. The van der Waals surface area contributed by atoms with E-state index in [1.54, 1.807) is 6.92 Å². The van der Waals surface area contributed by atoms with Crippen molar-refractivity contribution in [2.45, 2.75) is 26.7 Å². The Morgan fingerprint density at radius 1 is 1.39 bits per heavy atom. The molecule has 0 radical (unpaired) electrons. The molecule has 0 aliphatic rings. The molecule has 0 saturated heterocycles. The Labute approximate surface area is 116 Å². The summed E-state index contributed by atoms with van der Waals surface area (Å²) < 4.78 is 25.9. The van der Waals surface area contributed by atoms with Crippen molar-refractivity contribution in [2.75, 3.05) is 5.75 Å². The van der Waals surface area contributed by atoms with Crippen molar-refractivity contribution in [3.8, 4) is 0 Å². The van der Waals surface area contributed by atoms with Gasteiger partial charge in [-0.15, -0.1) is 0 Å². The van der Waals surface area contributed by atoms with Gasteiger partial charge in [0, 0.05) is 4.47 Å². The minimum Gasteiger partial charge on any atom is -0.274 e. The van der Waals surface area contributed by atoms with Gasteiger partial charge in [-0.05, 0) is 36.6 Å². The van der Waals surface area contributed by atoms with Crippen LogP contribution in [0.4, 0.5) is 0 Å². The van der Waals surface area contributed by atoms with E-state index in [0.29, 0.717) is 6.42 Å². The first-order valence-electron chi connectivity index (χ1n) is 5.62. The first-order chi connectivity index (χ1) is 8.34. The molecule has 1 aromatic rings. The fourth-order valence-corrected chi connectivity index (χ4v) is 3.09. The number of halogens is 1. The summed E-state index contributed by atoms with van der Waals surface area (Å²) in [6.45, 7) is 3.64. The zero-order valence-electron chi connectivity index (χ0n) is 10.4. The van der Waals surface area contributed by atoms with Crippen molar-refractivity contribution in [3.05, 3.63) is 33.8 Å². The third kappa shape index (κ3) is 4.78. The molecule has 1 amide bonds. The summed E-state index contributed by atoms with van der Waals surface area (Å²) in [5.41, 5.74) is 1.77. The maximum atomic E-state index is 11.6. The Bertz CT molecular complexity index is 540. The Morgan fingerprint density at radius 3 is 2.61 bits per heavy atom. The number of amides is 1. The molecular formula is C12H16BrNO3S. The number of hydrogen-bond donors (Lipinski definition) is 1. The minimum absolute atomic E-state index is 0.0297. The van der Waals surface area contributed by atoms with E-state index in [9.17, 15) is 13.2 Å². The smallest absolute Gasteiger partial charge is 0.237 e. The van der Waals surface area contributed by atoms with Crippen LogP contribution in [-0.2, 0) is 21.2 Å². The van der Waals surface area contributed by atoms with Gasteiger partial charge < -0.3 is 0 Å². The van der Waals surface area contributed by atoms with Gasteiger partial charge in [0.2, 0.25) is 15.9 Å². The van der Waals surface area contributed by atoms with Crippen molar-refractivity contribution in [1.29, 1.82) is 0 Å². The average molecular weight is 334 g/mol. The van der Waals surface area contributed by atoms with Gasteiger partial charge in [-0.25, -0.2) is 8.42 Å². The monoisotopic (exact) mass is 333 g/mol. The molecular weight excluding hydrogens is 318 g/mol. The number of rotatable bonds is 5. The summed E-state index contributed by atoms with van der Waals surface area (Å²) in [7, 11) is -3.48. The largest absolute Gasteiger partial charge is 0.274 e. The normalized spacial score (nSPS) is 11.3. The SMILES string of the molecule is CCCS(=O)(=O)NC(=O)Cc1ccc(Br)cc1C. The van der Waals surface area contributed by atoms with E-state index in [2.05, 4.69) is 20.7 Å². The van der Waals surface area contributed by atoms with E-state index in [4.69, 9.17) is 0 Å².